The van der Waals surface area contributed by atoms with Crippen molar-refractivity contribution >= 4 is 27.4 Å². The summed E-state index contributed by atoms with van der Waals surface area (Å²) in [6, 6.07) is 0. The predicted octanol–water partition coefficient (Wildman–Crippen LogP) is 2.06. The van der Waals surface area contributed by atoms with Crippen LogP contribution in [0.2, 0.25) is 0 Å². The maximum Gasteiger partial charge on any atom is 0.180 e. The van der Waals surface area contributed by atoms with Gasteiger partial charge < -0.3 is 14.8 Å². The van der Waals surface area contributed by atoms with E-state index in [0.29, 0.717) is 5.92 Å². The van der Waals surface area contributed by atoms with Crippen molar-refractivity contribution < 1.29 is 5.11 Å². The highest BCUT2D eigenvalue weighted by Gasteiger charge is 2.22. The third kappa shape index (κ3) is 2.35. The number of hydrogen-bond acceptors (Lipinski definition) is 4. The summed E-state index contributed by atoms with van der Waals surface area (Å²) >= 11 is 3.39. The van der Waals surface area contributed by atoms with Crippen molar-refractivity contribution in [3.63, 3.8) is 0 Å². The molecular weight excluding hydrogens is 296 g/mol. The van der Waals surface area contributed by atoms with E-state index in [9.17, 15) is 5.11 Å². The lowest BCUT2D eigenvalue weighted by atomic mass is 10.1. The summed E-state index contributed by atoms with van der Waals surface area (Å²) in [4.78, 5) is 8.70. The van der Waals surface area contributed by atoms with Gasteiger partial charge in [-0.05, 0) is 41.1 Å². The van der Waals surface area contributed by atoms with Crippen LogP contribution in [0.1, 0.15) is 19.3 Å². The van der Waals surface area contributed by atoms with Gasteiger partial charge in [-0.15, -0.1) is 0 Å². The Bertz CT molecular complexity index is 556. The molecule has 1 aliphatic rings. The maximum absolute atomic E-state index is 9.51. The molecule has 0 bridgehead atoms. The minimum Gasteiger partial charge on any atom is -0.393 e. The number of nitrogens with one attached hydrogen (secondary N) is 1. The van der Waals surface area contributed by atoms with Crippen molar-refractivity contribution in [2.24, 2.45) is 5.92 Å². The number of fused-ring (bicyclic) bond motifs is 1. The Hall–Kier alpha value is -1.14. The van der Waals surface area contributed by atoms with Crippen molar-refractivity contribution in [2.45, 2.75) is 25.4 Å². The molecule has 2 unspecified atom stereocenters. The highest BCUT2D eigenvalue weighted by molar-refractivity contribution is 9.10. The molecule has 96 valence electrons. The SMILES string of the molecule is OC1CCC(CNc2nc(Br)cn3ccnc23)C1. The molecule has 0 saturated heterocycles. The molecule has 0 aliphatic heterocycles. The average Bonchev–Trinajstić information content (AvgIpc) is 2.94. The Kier molecular flexibility index (Phi) is 3.22. The van der Waals surface area contributed by atoms with Gasteiger partial charge in [0.15, 0.2) is 11.5 Å². The molecule has 3 rings (SSSR count). The Morgan fingerprint density at radius 1 is 1.50 bits per heavy atom. The number of aliphatic hydroxyl groups is 1. The van der Waals surface area contributed by atoms with Crippen LogP contribution >= 0.6 is 15.9 Å². The van der Waals surface area contributed by atoms with Crippen molar-refractivity contribution in [2.75, 3.05) is 11.9 Å². The van der Waals surface area contributed by atoms with Crippen molar-refractivity contribution in [1.82, 2.24) is 14.4 Å². The van der Waals surface area contributed by atoms with Gasteiger partial charge in [-0.3, -0.25) is 0 Å². The second-order valence-corrected chi connectivity index (χ2v) is 5.60. The van der Waals surface area contributed by atoms with Crippen molar-refractivity contribution in [1.29, 1.82) is 0 Å². The molecule has 0 spiro atoms. The number of aliphatic hydroxyl groups excluding tert-OH is 1. The van der Waals surface area contributed by atoms with E-state index >= 15 is 0 Å². The lowest BCUT2D eigenvalue weighted by molar-refractivity contribution is 0.178. The summed E-state index contributed by atoms with van der Waals surface area (Å²) in [5.74, 6) is 1.31. The largest absolute Gasteiger partial charge is 0.393 e. The van der Waals surface area contributed by atoms with Gasteiger partial charge in [0.1, 0.15) is 4.60 Å². The second kappa shape index (κ2) is 4.85. The van der Waals surface area contributed by atoms with Gasteiger partial charge >= 0.3 is 0 Å². The Morgan fingerprint density at radius 2 is 2.39 bits per heavy atom. The van der Waals surface area contributed by atoms with E-state index in [1.165, 1.54) is 0 Å². The van der Waals surface area contributed by atoms with Crippen LogP contribution in [0.15, 0.2) is 23.2 Å². The third-order valence-corrected chi connectivity index (χ3v) is 3.80. The number of imidazole rings is 1. The van der Waals surface area contributed by atoms with Gasteiger partial charge in [-0.25, -0.2) is 9.97 Å². The Labute approximate surface area is 113 Å². The van der Waals surface area contributed by atoms with Gasteiger partial charge in [0.25, 0.3) is 0 Å². The fraction of sp³-hybridized carbons (Fsp3) is 0.500. The van der Waals surface area contributed by atoms with E-state index in [0.717, 1.165) is 41.9 Å². The highest BCUT2D eigenvalue weighted by atomic mass is 79.9. The zero-order chi connectivity index (χ0) is 12.5. The fourth-order valence-electron chi connectivity index (χ4n) is 2.49. The first-order valence-corrected chi connectivity index (χ1v) is 6.93. The molecule has 2 atom stereocenters. The van der Waals surface area contributed by atoms with Gasteiger partial charge in [0.05, 0.1) is 6.10 Å². The number of nitrogens with zero attached hydrogens (tertiary/aromatic N) is 3. The molecule has 0 radical (unpaired) electrons. The van der Waals surface area contributed by atoms with E-state index in [1.54, 1.807) is 6.20 Å². The summed E-state index contributed by atoms with van der Waals surface area (Å²) in [5.41, 5.74) is 0.830. The molecule has 0 aromatic carbocycles. The first-order valence-electron chi connectivity index (χ1n) is 6.13. The first-order chi connectivity index (χ1) is 8.72. The van der Waals surface area contributed by atoms with Crippen molar-refractivity contribution in [3.05, 3.63) is 23.2 Å². The van der Waals surface area contributed by atoms with Crippen LogP contribution in [0.4, 0.5) is 5.82 Å². The molecule has 1 aliphatic carbocycles. The molecule has 18 heavy (non-hydrogen) atoms. The van der Waals surface area contributed by atoms with Crippen LogP contribution in [0.25, 0.3) is 5.65 Å². The van der Waals surface area contributed by atoms with Crippen LogP contribution in [0, 0.1) is 5.92 Å². The predicted molar refractivity (Wildman–Crippen MR) is 72.5 cm³/mol. The molecule has 2 heterocycles. The van der Waals surface area contributed by atoms with Crippen LogP contribution < -0.4 is 5.32 Å². The smallest absolute Gasteiger partial charge is 0.180 e. The lowest BCUT2D eigenvalue weighted by Gasteiger charge is -2.12. The van der Waals surface area contributed by atoms with Crippen LogP contribution in [0.5, 0.6) is 0 Å². The molecular formula is C12H15BrN4O. The van der Waals surface area contributed by atoms with Crippen LogP contribution in [0.3, 0.4) is 0 Å². The lowest BCUT2D eigenvalue weighted by Crippen LogP contribution is -2.14. The fourth-order valence-corrected chi connectivity index (χ4v) is 2.89. The third-order valence-electron chi connectivity index (χ3n) is 3.42. The Morgan fingerprint density at radius 3 is 3.17 bits per heavy atom. The summed E-state index contributed by atoms with van der Waals surface area (Å²) < 4.78 is 2.71. The molecule has 0 amide bonds. The monoisotopic (exact) mass is 310 g/mol. The van der Waals surface area contributed by atoms with E-state index in [-0.39, 0.29) is 6.10 Å². The quantitative estimate of drug-likeness (QED) is 0.911. The molecule has 1 saturated carbocycles. The van der Waals surface area contributed by atoms with E-state index < -0.39 is 0 Å². The second-order valence-electron chi connectivity index (χ2n) is 4.78. The summed E-state index contributed by atoms with van der Waals surface area (Å²) in [6.07, 6.45) is 8.28. The number of anilines is 1. The zero-order valence-corrected chi connectivity index (χ0v) is 11.5. The normalized spacial score (nSPS) is 23.7. The highest BCUT2D eigenvalue weighted by Crippen LogP contribution is 2.26. The van der Waals surface area contributed by atoms with Crippen LogP contribution in [-0.4, -0.2) is 32.1 Å². The summed E-state index contributed by atoms with van der Waals surface area (Å²) in [7, 11) is 0. The number of halogens is 1. The molecule has 5 nitrogen and oxygen atoms in total. The van der Waals surface area contributed by atoms with E-state index in [1.807, 2.05) is 16.8 Å². The first kappa shape index (κ1) is 11.9. The standard InChI is InChI=1S/C12H15BrN4O/c13-10-7-17-4-3-14-12(17)11(16-10)15-6-8-1-2-9(18)5-8/h3-4,7-9,18H,1-2,5-6H2,(H,15,16). The minimum atomic E-state index is -0.126. The number of hydrogen-bond donors (Lipinski definition) is 2. The van der Waals surface area contributed by atoms with Gasteiger partial charge in [-0.2, -0.15) is 0 Å². The maximum atomic E-state index is 9.51. The van der Waals surface area contributed by atoms with Gasteiger partial charge in [0, 0.05) is 25.1 Å². The average molecular weight is 311 g/mol. The molecule has 1 fully saturated rings. The summed E-state index contributed by atoms with van der Waals surface area (Å²) in [6.45, 7) is 0.836. The van der Waals surface area contributed by atoms with E-state index in [2.05, 4.69) is 31.2 Å². The number of aromatic nitrogens is 3. The number of rotatable bonds is 3. The molecule has 6 heteroatoms. The topological polar surface area (TPSA) is 62.5 Å². The van der Waals surface area contributed by atoms with Crippen LogP contribution in [-0.2, 0) is 0 Å². The van der Waals surface area contributed by atoms with Crippen molar-refractivity contribution in [3.8, 4) is 0 Å². The minimum absolute atomic E-state index is 0.126. The molecule has 2 aromatic heterocycles. The van der Waals surface area contributed by atoms with Gasteiger partial charge in [-0.1, -0.05) is 0 Å². The molecule has 2 aromatic rings. The Balaban J connectivity index is 1.75. The molecule has 2 N–H and O–H groups in total. The van der Waals surface area contributed by atoms with E-state index in [4.69, 9.17) is 0 Å². The summed E-state index contributed by atoms with van der Waals surface area (Å²) in [5, 5.41) is 12.9. The van der Waals surface area contributed by atoms with Gasteiger partial charge in [0.2, 0.25) is 0 Å². The zero-order valence-electron chi connectivity index (χ0n) is 9.88.